The molecule has 2 fully saturated rings. The highest BCUT2D eigenvalue weighted by molar-refractivity contribution is 5.79. The summed E-state index contributed by atoms with van der Waals surface area (Å²) in [5, 5.41) is 11.4. The van der Waals surface area contributed by atoms with Crippen molar-refractivity contribution in [2.24, 2.45) is 17.8 Å². The fourth-order valence-corrected chi connectivity index (χ4v) is 3.66. The largest absolute Gasteiger partial charge is 0.392 e. The predicted octanol–water partition coefficient (Wildman–Crippen LogP) is 2.71. The fraction of sp³-hybridized carbons (Fsp3) is 0.875. The Balaban J connectivity index is 1.79. The van der Waals surface area contributed by atoms with Crippen LogP contribution in [0.25, 0.3) is 0 Å². The van der Waals surface area contributed by atoms with Gasteiger partial charge in [0.15, 0.2) is 0 Å². The summed E-state index contributed by atoms with van der Waals surface area (Å²) in [5.74, 6) is -2.57. The van der Waals surface area contributed by atoms with E-state index in [0.717, 1.165) is 25.9 Å². The molecule has 0 aromatic rings. The lowest BCUT2D eigenvalue weighted by molar-refractivity contribution is -0.198. The van der Waals surface area contributed by atoms with E-state index in [-0.39, 0.29) is 6.42 Å². The Bertz CT molecular complexity index is 439. The van der Waals surface area contributed by atoms with Gasteiger partial charge in [-0.05, 0) is 44.7 Å². The second kappa shape index (κ2) is 8.00. The van der Waals surface area contributed by atoms with E-state index in [1.54, 1.807) is 0 Å². The van der Waals surface area contributed by atoms with E-state index < -0.39 is 23.9 Å². The first-order valence-electron chi connectivity index (χ1n) is 8.35. The van der Waals surface area contributed by atoms with Crippen molar-refractivity contribution < 1.29 is 18.0 Å². The third-order valence-electron chi connectivity index (χ3n) is 5.09. The molecule has 0 aromatic heterocycles. The van der Waals surface area contributed by atoms with Crippen LogP contribution in [0.3, 0.4) is 0 Å². The molecule has 1 heterocycles. The number of nitriles is 1. The quantitative estimate of drug-likeness (QED) is 0.806. The van der Waals surface area contributed by atoms with Crippen LogP contribution < -0.4 is 5.32 Å². The maximum atomic E-state index is 13.1. The van der Waals surface area contributed by atoms with Crippen molar-refractivity contribution in [1.82, 2.24) is 10.2 Å². The number of carbonyl (C=O) groups excluding carboxylic acids is 1. The van der Waals surface area contributed by atoms with Crippen molar-refractivity contribution in [1.29, 1.82) is 5.26 Å². The molecular formula is C16H24F3N3O. The normalized spacial score (nSPS) is 27.4. The van der Waals surface area contributed by atoms with Crippen molar-refractivity contribution in [2.45, 2.75) is 44.7 Å². The highest BCUT2D eigenvalue weighted by Gasteiger charge is 2.48. The second-order valence-electron chi connectivity index (χ2n) is 6.66. The van der Waals surface area contributed by atoms with Crippen LogP contribution in [0.1, 0.15) is 38.5 Å². The van der Waals surface area contributed by atoms with Gasteiger partial charge in [0.2, 0.25) is 5.91 Å². The number of alkyl halides is 3. The molecule has 0 unspecified atom stereocenters. The highest BCUT2D eigenvalue weighted by Crippen LogP contribution is 2.41. The molecule has 2 aliphatic rings. The Labute approximate surface area is 135 Å². The number of nitrogens with zero attached hydrogens (tertiary/aromatic N) is 2. The Hall–Kier alpha value is -1.29. The number of nitrogens with one attached hydrogen (secondary N) is 1. The van der Waals surface area contributed by atoms with Gasteiger partial charge in [-0.2, -0.15) is 18.4 Å². The zero-order valence-corrected chi connectivity index (χ0v) is 13.2. The van der Waals surface area contributed by atoms with E-state index in [9.17, 15) is 18.0 Å². The molecule has 4 nitrogen and oxygen atoms in total. The van der Waals surface area contributed by atoms with Gasteiger partial charge in [0.05, 0.1) is 18.5 Å². The van der Waals surface area contributed by atoms with E-state index in [0.29, 0.717) is 38.3 Å². The monoisotopic (exact) mass is 331 g/mol. The van der Waals surface area contributed by atoms with E-state index >= 15 is 0 Å². The van der Waals surface area contributed by atoms with Crippen molar-refractivity contribution in [3.05, 3.63) is 0 Å². The van der Waals surface area contributed by atoms with Gasteiger partial charge in [0.1, 0.15) is 0 Å². The first-order valence-corrected chi connectivity index (χ1v) is 8.35. The molecule has 1 saturated carbocycles. The maximum Gasteiger partial charge on any atom is 0.392 e. The molecule has 1 N–H and O–H groups in total. The summed E-state index contributed by atoms with van der Waals surface area (Å²) in [6, 6.07) is 2.11. The maximum absolute atomic E-state index is 13.1. The Morgan fingerprint density at radius 3 is 2.43 bits per heavy atom. The molecule has 0 radical (unpaired) electrons. The first kappa shape index (κ1) is 18.1. The topological polar surface area (TPSA) is 56.1 Å². The van der Waals surface area contributed by atoms with E-state index in [1.165, 1.54) is 0 Å². The Morgan fingerprint density at radius 2 is 1.83 bits per heavy atom. The standard InChI is InChI=1S/C16H24F3N3O/c17-16(18,19)14-4-2-1-3-13(14)15(23)21-11-12-5-8-22(9-6-12)10-7-20/h12-14H,1-6,8-11H2,(H,21,23)/t13-,14+/m1/s1. The van der Waals surface area contributed by atoms with Gasteiger partial charge in [0.25, 0.3) is 0 Å². The minimum Gasteiger partial charge on any atom is -0.356 e. The molecule has 130 valence electrons. The van der Waals surface area contributed by atoms with Crippen LogP contribution in [0, 0.1) is 29.1 Å². The molecule has 2 atom stereocenters. The molecule has 1 aliphatic carbocycles. The Morgan fingerprint density at radius 1 is 1.17 bits per heavy atom. The average molecular weight is 331 g/mol. The predicted molar refractivity (Wildman–Crippen MR) is 79.3 cm³/mol. The molecule has 0 spiro atoms. The van der Waals surface area contributed by atoms with E-state index in [1.807, 2.05) is 0 Å². The second-order valence-corrected chi connectivity index (χ2v) is 6.66. The number of amides is 1. The van der Waals surface area contributed by atoms with Gasteiger partial charge in [0, 0.05) is 12.5 Å². The number of rotatable bonds is 4. The molecule has 1 saturated heterocycles. The van der Waals surface area contributed by atoms with Crippen LogP contribution in [-0.2, 0) is 4.79 Å². The molecule has 7 heteroatoms. The first-order chi connectivity index (χ1) is 10.9. The smallest absolute Gasteiger partial charge is 0.356 e. The highest BCUT2D eigenvalue weighted by atomic mass is 19.4. The molecular weight excluding hydrogens is 307 g/mol. The van der Waals surface area contributed by atoms with Crippen LogP contribution >= 0.6 is 0 Å². The summed E-state index contributed by atoms with van der Waals surface area (Å²) < 4.78 is 39.2. The lowest BCUT2D eigenvalue weighted by atomic mass is 9.78. The summed E-state index contributed by atoms with van der Waals surface area (Å²) >= 11 is 0. The minimum absolute atomic E-state index is 0.0636. The number of carbonyl (C=O) groups is 1. The van der Waals surface area contributed by atoms with Crippen molar-refractivity contribution >= 4 is 5.91 Å². The molecule has 2 rings (SSSR count). The lowest BCUT2D eigenvalue weighted by Crippen LogP contribution is -2.45. The Kier molecular flexibility index (Phi) is 6.28. The van der Waals surface area contributed by atoms with Crippen molar-refractivity contribution in [3.8, 4) is 6.07 Å². The molecule has 0 aromatic carbocycles. The summed E-state index contributed by atoms with van der Waals surface area (Å²) in [4.78, 5) is 14.3. The third-order valence-corrected chi connectivity index (χ3v) is 5.09. The van der Waals surface area contributed by atoms with Crippen LogP contribution in [-0.4, -0.2) is 43.2 Å². The lowest BCUT2D eigenvalue weighted by Gasteiger charge is -2.33. The fourth-order valence-electron chi connectivity index (χ4n) is 3.66. The number of piperidine rings is 1. The van der Waals surface area contributed by atoms with Crippen molar-refractivity contribution in [2.75, 3.05) is 26.2 Å². The van der Waals surface area contributed by atoms with Gasteiger partial charge in [-0.3, -0.25) is 9.69 Å². The molecule has 0 bridgehead atoms. The summed E-state index contributed by atoms with van der Waals surface area (Å²) in [5.41, 5.74) is 0. The van der Waals surface area contributed by atoms with Crippen LogP contribution in [0.15, 0.2) is 0 Å². The molecule has 1 amide bonds. The SMILES string of the molecule is N#CCN1CCC(CNC(=O)[C@@H]2CCCC[C@@H]2C(F)(F)F)CC1. The molecule has 1 aliphatic heterocycles. The zero-order valence-electron chi connectivity index (χ0n) is 13.2. The number of halogens is 3. The zero-order chi connectivity index (χ0) is 16.9. The average Bonchev–Trinajstić information content (AvgIpc) is 2.53. The van der Waals surface area contributed by atoms with Gasteiger partial charge >= 0.3 is 6.18 Å². The van der Waals surface area contributed by atoms with Gasteiger partial charge in [-0.25, -0.2) is 0 Å². The van der Waals surface area contributed by atoms with Crippen molar-refractivity contribution in [3.63, 3.8) is 0 Å². The van der Waals surface area contributed by atoms with Gasteiger partial charge < -0.3 is 5.32 Å². The van der Waals surface area contributed by atoms with Crippen LogP contribution in [0.5, 0.6) is 0 Å². The van der Waals surface area contributed by atoms with E-state index in [4.69, 9.17) is 5.26 Å². The van der Waals surface area contributed by atoms with E-state index in [2.05, 4.69) is 16.3 Å². The third kappa shape index (κ3) is 5.10. The molecule has 23 heavy (non-hydrogen) atoms. The summed E-state index contributed by atoms with van der Waals surface area (Å²) in [6.07, 6.45) is -0.914. The number of hydrogen-bond donors (Lipinski definition) is 1. The summed E-state index contributed by atoms with van der Waals surface area (Å²) in [7, 11) is 0. The number of likely N-dealkylation sites (tertiary alicyclic amines) is 1. The minimum atomic E-state index is -4.29. The van der Waals surface area contributed by atoms with Gasteiger partial charge in [-0.1, -0.05) is 12.8 Å². The summed E-state index contributed by atoms with van der Waals surface area (Å²) in [6.45, 7) is 2.47. The van der Waals surface area contributed by atoms with Gasteiger partial charge in [-0.15, -0.1) is 0 Å². The number of hydrogen-bond acceptors (Lipinski definition) is 3. The van der Waals surface area contributed by atoms with Crippen LogP contribution in [0.2, 0.25) is 0 Å². The van der Waals surface area contributed by atoms with Crippen LogP contribution in [0.4, 0.5) is 13.2 Å².